The van der Waals surface area contributed by atoms with Crippen molar-refractivity contribution < 1.29 is 4.79 Å². The second-order valence-electron chi connectivity index (χ2n) is 4.90. The van der Waals surface area contributed by atoms with Crippen LogP contribution in [-0.4, -0.2) is 15.9 Å². The van der Waals surface area contributed by atoms with Crippen molar-refractivity contribution in [2.75, 3.05) is 5.32 Å². The van der Waals surface area contributed by atoms with E-state index >= 15 is 0 Å². The molecule has 3 aromatic rings. The molecule has 22 heavy (non-hydrogen) atoms. The number of nitrogens with one attached hydrogen (secondary N) is 1. The number of hydrogen-bond acceptors (Lipinski definition) is 4. The Morgan fingerprint density at radius 3 is 2.77 bits per heavy atom. The molecule has 2 heterocycles. The van der Waals surface area contributed by atoms with Crippen molar-refractivity contribution in [2.24, 2.45) is 0 Å². The molecule has 4 nitrogen and oxygen atoms in total. The zero-order valence-corrected chi connectivity index (χ0v) is 12.9. The molecule has 0 saturated carbocycles. The van der Waals surface area contributed by atoms with Crippen molar-refractivity contribution in [1.29, 1.82) is 0 Å². The summed E-state index contributed by atoms with van der Waals surface area (Å²) in [6, 6.07) is 13.4. The Bertz CT molecular complexity index is 783. The first-order valence-electron chi connectivity index (χ1n) is 6.93. The monoisotopic (exact) mass is 309 g/mol. The zero-order valence-electron chi connectivity index (χ0n) is 12.1. The van der Waals surface area contributed by atoms with Gasteiger partial charge in [0.05, 0.1) is 17.8 Å². The van der Waals surface area contributed by atoms with Gasteiger partial charge in [-0.05, 0) is 30.7 Å². The van der Waals surface area contributed by atoms with E-state index in [4.69, 9.17) is 0 Å². The fourth-order valence-electron chi connectivity index (χ4n) is 2.07. The van der Waals surface area contributed by atoms with Crippen LogP contribution in [-0.2, 0) is 11.2 Å². The number of aromatic nitrogens is 2. The third-order valence-electron chi connectivity index (χ3n) is 3.20. The number of thiazole rings is 1. The van der Waals surface area contributed by atoms with Crippen molar-refractivity contribution in [3.63, 3.8) is 0 Å². The summed E-state index contributed by atoms with van der Waals surface area (Å²) in [7, 11) is 0. The van der Waals surface area contributed by atoms with Gasteiger partial charge < -0.3 is 5.32 Å². The Hall–Kier alpha value is -2.53. The molecule has 1 aromatic carbocycles. The van der Waals surface area contributed by atoms with E-state index < -0.39 is 0 Å². The average Bonchev–Trinajstić information content (AvgIpc) is 2.99. The number of hydrogen-bond donors (Lipinski definition) is 1. The summed E-state index contributed by atoms with van der Waals surface area (Å²) in [6.07, 6.45) is 2.00. The maximum absolute atomic E-state index is 12.1. The van der Waals surface area contributed by atoms with E-state index in [0.717, 1.165) is 27.6 Å². The van der Waals surface area contributed by atoms with Crippen molar-refractivity contribution in [3.05, 3.63) is 65.3 Å². The Morgan fingerprint density at radius 2 is 2.00 bits per heavy atom. The Labute approximate surface area is 132 Å². The van der Waals surface area contributed by atoms with Crippen LogP contribution in [0, 0.1) is 6.92 Å². The molecule has 0 fully saturated rings. The quantitative estimate of drug-likeness (QED) is 0.799. The molecular formula is C17H15N3OS. The third kappa shape index (κ3) is 3.38. The van der Waals surface area contributed by atoms with Crippen molar-refractivity contribution in [2.45, 2.75) is 13.3 Å². The van der Waals surface area contributed by atoms with Crippen molar-refractivity contribution >= 4 is 22.9 Å². The van der Waals surface area contributed by atoms with Crippen LogP contribution < -0.4 is 5.32 Å². The molecule has 0 aliphatic rings. The van der Waals surface area contributed by atoms with E-state index in [-0.39, 0.29) is 12.3 Å². The summed E-state index contributed by atoms with van der Waals surface area (Å²) in [5.41, 5.74) is 3.48. The molecular weight excluding hydrogens is 294 g/mol. The number of amides is 1. The van der Waals surface area contributed by atoms with E-state index in [1.165, 1.54) is 11.3 Å². The number of benzene rings is 1. The van der Waals surface area contributed by atoms with E-state index in [9.17, 15) is 4.79 Å². The molecule has 3 rings (SSSR count). The van der Waals surface area contributed by atoms with Gasteiger partial charge in [-0.2, -0.15) is 0 Å². The minimum Gasteiger partial charge on any atom is -0.326 e. The fourth-order valence-corrected chi connectivity index (χ4v) is 2.86. The molecule has 0 aliphatic heterocycles. The van der Waals surface area contributed by atoms with Gasteiger partial charge in [0.1, 0.15) is 5.01 Å². The van der Waals surface area contributed by atoms with Gasteiger partial charge in [0.25, 0.3) is 0 Å². The van der Waals surface area contributed by atoms with Gasteiger partial charge in [0.15, 0.2) is 0 Å². The number of rotatable bonds is 4. The van der Waals surface area contributed by atoms with Crippen LogP contribution in [0.25, 0.3) is 10.7 Å². The summed E-state index contributed by atoms with van der Waals surface area (Å²) < 4.78 is 0. The zero-order chi connectivity index (χ0) is 15.4. The van der Waals surface area contributed by atoms with E-state index in [1.807, 2.05) is 54.8 Å². The summed E-state index contributed by atoms with van der Waals surface area (Å²) in [6.45, 7) is 1.97. The van der Waals surface area contributed by atoms with E-state index in [0.29, 0.717) is 0 Å². The molecule has 2 aromatic heterocycles. The molecule has 0 radical (unpaired) electrons. The van der Waals surface area contributed by atoms with Crippen LogP contribution in [0.2, 0.25) is 0 Å². The lowest BCUT2D eigenvalue weighted by Crippen LogP contribution is -2.15. The van der Waals surface area contributed by atoms with Gasteiger partial charge in [0.2, 0.25) is 5.91 Å². The lowest BCUT2D eigenvalue weighted by molar-refractivity contribution is -0.115. The number of para-hydroxylation sites is 1. The van der Waals surface area contributed by atoms with Crippen LogP contribution in [0.4, 0.5) is 5.69 Å². The topological polar surface area (TPSA) is 54.9 Å². The van der Waals surface area contributed by atoms with Crippen LogP contribution in [0.5, 0.6) is 0 Å². The number of nitrogens with zero attached hydrogens (tertiary/aromatic N) is 2. The van der Waals surface area contributed by atoms with Crippen LogP contribution in [0.3, 0.4) is 0 Å². The van der Waals surface area contributed by atoms with Crippen LogP contribution in [0.15, 0.2) is 54.0 Å². The van der Waals surface area contributed by atoms with Gasteiger partial charge in [-0.15, -0.1) is 11.3 Å². The average molecular weight is 309 g/mol. The number of anilines is 1. The largest absolute Gasteiger partial charge is 0.326 e. The van der Waals surface area contributed by atoms with Gasteiger partial charge in [-0.1, -0.05) is 24.3 Å². The molecule has 0 bridgehead atoms. The minimum absolute atomic E-state index is 0.0628. The molecule has 0 spiro atoms. The highest BCUT2D eigenvalue weighted by atomic mass is 32.1. The Balaban J connectivity index is 1.68. The van der Waals surface area contributed by atoms with Gasteiger partial charge in [-0.3, -0.25) is 9.78 Å². The standard InChI is InChI=1S/C17H15N3OS/c1-12-6-2-3-7-14(12)20-16(21)10-13-11-22-17(19-13)15-8-4-5-9-18-15/h2-9,11H,10H2,1H3,(H,20,21). The second kappa shape index (κ2) is 6.49. The summed E-state index contributed by atoms with van der Waals surface area (Å²) in [4.78, 5) is 20.9. The SMILES string of the molecule is Cc1ccccc1NC(=O)Cc1csc(-c2ccccn2)n1. The number of carbonyl (C=O) groups excluding carboxylic acids is 1. The molecule has 0 atom stereocenters. The maximum atomic E-state index is 12.1. The molecule has 1 N–H and O–H groups in total. The minimum atomic E-state index is -0.0628. The summed E-state index contributed by atoms with van der Waals surface area (Å²) in [5, 5.41) is 5.65. The van der Waals surface area contributed by atoms with E-state index in [1.54, 1.807) is 6.20 Å². The molecule has 5 heteroatoms. The fraction of sp³-hybridized carbons (Fsp3) is 0.118. The lowest BCUT2D eigenvalue weighted by Gasteiger charge is -2.06. The normalized spacial score (nSPS) is 10.4. The third-order valence-corrected chi connectivity index (χ3v) is 4.11. The predicted molar refractivity (Wildman–Crippen MR) is 88.9 cm³/mol. The highest BCUT2D eigenvalue weighted by Crippen LogP contribution is 2.22. The Kier molecular flexibility index (Phi) is 4.25. The molecule has 0 saturated heterocycles. The second-order valence-corrected chi connectivity index (χ2v) is 5.76. The summed E-state index contributed by atoms with van der Waals surface area (Å²) in [5.74, 6) is -0.0628. The highest BCUT2D eigenvalue weighted by molar-refractivity contribution is 7.13. The first kappa shape index (κ1) is 14.4. The molecule has 0 aliphatic carbocycles. The molecule has 0 unspecified atom stereocenters. The van der Waals surface area contributed by atoms with Crippen LogP contribution >= 0.6 is 11.3 Å². The number of aryl methyl sites for hydroxylation is 1. The number of pyridine rings is 1. The molecule has 110 valence electrons. The smallest absolute Gasteiger partial charge is 0.230 e. The first-order chi connectivity index (χ1) is 10.7. The Morgan fingerprint density at radius 1 is 1.18 bits per heavy atom. The van der Waals surface area contributed by atoms with Crippen molar-refractivity contribution in [3.8, 4) is 10.7 Å². The highest BCUT2D eigenvalue weighted by Gasteiger charge is 2.10. The van der Waals surface area contributed by atoms with Crippen molar-refractivity contribution in [1.82, 2.24) is 9.97 Å². The van der Waals surface area contributed by atoms with Gasteiger partial charge in [0, 0.05) is 17.3 Å². The van der Waals surface area contributed by atoms with Gasteiger partial charge >= 0.3 is 0 Å². The summed E-state index contributed by atoms with van der Waals surface area (Å²) >= 11 is 1.50. The first-order valence-corrected chi connectivity index (χ1v) is 7.81. The lowest BCUT2D eigenvalue weighted by atomic mass is 10.2. The van der Waals surface area contributed by atoms with Crippen LogP contribution in [0.1, 0.15) is 11.3 Å². The molecule has 1 amide bonds. The maximum Gasteiger partial charge on any atom is 0.230 e. The van der Waals surface area contributed by atoms with Gasteiger partial charge in [-0.25, -0.2) is 4.98 Å². The van der Waals surface area contributed by atoms with E-state index in [2.05, 4.69) is 15.3 Å². The predicted octanol–water partition coefficient (Wildman–Crippen LogP) is 3.69. The number of carbonyl (C=O) groups is 1.